The van der Waals surface area contributed by atoms with E-state index in [2.05, 4.69) is 0 Å². The van der Waals surface area contributed by atoms with Crippen molar-refractivity contribution in [3.05, 3.63) is 77.0 Å². The van der Waals surface area contributed by atoms with Gasteiger partial charge in [0.2, 0.25) is 0 Å². The second-order valence-electron chi connectivity index (χ2n) is 10.1. The van der Waals surface area contributed by atoms with E-state index in [4.69, 9.17) is 14.3 Å². The van der Waals surface area contributed by atoms with E-state index >= 15 is 0 Å². The highest BCUT2D eigenvalue weighted by Gasteiger charge is 2.32. The number of alkyl halides is 3. The summed E-state index contributed by atoms with van der Waals surface area (Å²) in [4.78, 5) is 24.8. The van der Waals surface area contributed by atoms with Gasteiger partial charge < -0.3 is 19.2 Å². The summed E-state index contributed by atoms with van der Waals surface area (Å²) in [5.41, 5.74) is 1.11. The van der Waals surface area contributed by atoms with Crippen LogP contribution >= 0.6 is 0 Å². The quantitative estimate of drug-likeness (QED) is 0.302. The number of hydrogen-bond donors (Lipinski definition) is 1. The summed E-state index contributed by atoms with van der Waals surface area (Å²) in [6.45, 7) is 2.01. The minimum atomic E-state index is -4.41. The minimum Gasteiger partial charge on any atom is -0.482 e. The van der Waals surface area contributed by atoms with Crippen molar-refractivity contribution in [3.8, 4) is 17.1 Å². The van der Waals surface area contributed by atoms with E-state index in [0.717, 1.165) is 49.8 Å². The Morgan fingerprint density at radius 2 is 1.69 bits per heavy atom. The van der Waals surface area contributed by atoms with Crippen LogP contribution in [0.1, 0.15) is 71.9 Å². The predicted molar refractivity (Wildman–Crippen MR) is 139 cm³/mol. The number of aliphatic carboxylic acids is 1. The minimum absolute atomic E-state index is 0.106. The molecule has 3 aromatic rings. The molecule has 1 unspecified atom stereocenters. The molecule has 0 saturated heterocycles. The lowest BCUT2D eigenvalue weighted by Crippen LogP contribution is -2.29. The number of benzene rings is 2. The maximum Gasteiger partial charge on any atom is 0.416 e. The van der Waals surface area contributed by atoms with Gasteiger partial charge in [0.25, 0.3) is 5.91 Å². The highest BCUT2D eigenvalue weighted by molar-refractivity contribution is 5.94. The molecule has 2 aromatic carbocycles. The largest absolute Gasteiger partial charge is 0.482 e. The Balaban J connectivity index is 1.56. The molecule has 208 valence electrons. The summed E-state index contributed by atoms with van der Waals surface area (Å²) in [5.74, 6) is 0.627. The van der Waals surface area contributed by atoms with Gasteiger partial charge in [-0.3, -0.25) is 9.59 Å². The van der Waals surface area contributed by atoms with Gasteiger partial charge in [-0.1, -0.05) is 31.4 Å². The van der Waals surface area contributed by atoms with Crippen LogP contribution in [0.3, 0.4) is 0 Å². The molecule has 39 heavy (non-hydrogen) atoms. The zero-order chi connectivity index (χ0) is 28.2. The first-order valence-corrected chi connectivity index (χ1v) is 13.0. The van der Waals surface area contributed by atoms with Crippen molar-refractivity contribution in [2.75, 3.05) is 13.6 Å². The molecule has 1 atom stereocenters. The number of carbonyl (C=O) groups is 2. The molecule has 1 saturated carbocycles. The molecule has 1 aromatic heterocycles. The third-order valence-electron chi connectivity index (χ3n) is 7.16. The van der Waals surface area contributed by atoms with Gasteiger partial charge in [-0.05, 0) is 67.8 Å². The Morgan fingerprint density at radius 1 is 1.05 bits per heavy atom. The Kier molecular flexibility index (Phi) is 8.67. The molecule has 0 bridgehead atoms. The molecule has 4 rings (SSSR count). The van der Waals surface area contributed by atoms with E-state index in [1.807, 2.05) is 13.0 Å². The Bertz CT molecular complexity index is 1280. The fraction of sp³-hybridized carbons (Fsp3) is 0.400. The van der Waals surface area contributed by atoms with Gasteiger partial charge in [0.15, 0.2) is 6.10 Å². The van der Waals surface area contributed by atoms with E-state index < -0.39 is 23.8 Å². The normalized spacial score (nSPS) is 15.1. The number of hydrogen-bond acceptors (Lipinski definition) is 4. The van der Waals surface area contributed by atoms with E-state index in [1.165, 1.54) is 17.0 Å². The van der Waals surface area contributed by atoms with Crippen molar-refractivity contribution in [1.82, 2.24) is 4.90 Å². The summed E-state index contributed by atoms with van der Waals surface area (Å²) >= 11 is 0. The average Bonchev–Trinajstić information content (AvgIpc) is 3.31. The van der Waals surface area contributed by atoms with Crippen molar-refractivity contribution in [3.63, 3.8) is 0 Å². The van der Waals surface area contributed by atoms with Crippen molar-refractivity contribution in [1.29, 1.82) is 0 Å². The standard InChI is InChI=1S/C30H32F3NO5/c1-19-18-25(20-8-12-23(13-9-20)30(31,32)33)39-27(19)28(21-6-4-3-5-7-21)38-24-14-10-22(11-15-24)29(37)34(2)17-16-26(35)36/h8-15,18,21,28H,3-7,16-17H2,1-2H3,(H,35,36). The van der Waals surface area contributed by atoms with Crippen molar-refractivity contribution < 1.29 is 37.0 Å². The topological polar surface area (TPSA) is 80.0 Å². The number of rotatable bonds is 9. The third-order valence-corrected chi connectivity index (χ3v) is 7.16. The molecule has 1 heterocycles. The van der Waals surface area contributed by atoms with Crippen LogP contribution in [0.4, 0.5) is 13.2 Å². The number of carbonyl (C=O) groups excluding carboxylic acids is 1. The van der Waals surface area contributed by atoms with E-state index in [9.17, 15) is 22.8 Å². The second kappa shape index (κ2) is 12.0. The molecule has 1 amide bonds. The summed E-state index contributed by atoms with van der Waals surface area (Å²) in [6.07, 6.45) is 0.298. The number of carboxylic acids is 1. The smallest absolute Gasteiger partial charge is 0.416 e. The number of halogens is 3. The zero-order valence-electron chi connectivity index (χ0n) is 22.0. The molecule has 1 fully saturated rings. The fourth-order valence-electron chi connectivity index (χ4n) is 4.95. The number of furan rings is 1. The lowest BCUT2D eigenvalue weighted by atomic mass is 9.83. The number of nitrogens with zero attached hydrogens (tertiary/aromatic N) is 1. The van der Waals surface area contributed by atoms with Crippen LogP contribution < -0.4 is 4.74 Å². The highest BCUT2D eigenvalue weighted by atomic mass is 19.4. The van der Waals surface area contributed by atoms with Gasteiger partial charge in [-0.25, -0.2) is 0 Å². The first-order valence-electron chi connectivity index (χ1n) is 13.0. The Hall–Kier alpha value is -3.75. The summed E-state index contributed by atoms with van der Waals surface area (Å²) in [5, 5.41) is 8.86. The molecular formula is C30H32F3NO5. The maximum absolute atomic E-state index is 13.0. The van der Waals surface area contributed by atoms with Crippen LogP contribution in [0, 0.1) is 12.8 Å². The second-order valence-corrected chi connectivity index (χ2v) is 10.1. The van der Waals surface area contributed by atoms with Crippen LogP contribution in [0.2, 0.25) is 0 Å². The zero-order valence-corrected chi connectivity index (χ0v) is 22.0. The molecule has 6 nitrogen and oxygen atoms in total. The lowest BCUT2D eigenvalue weighted by Gasteiger charge is -2.30. The maximum atomic E-state index is 13.0. The van der Waals surface area contributed by atoms with Crippen LogP contribution in [0.15, 0.2) is 59.0 Å². The molecule has 0 radical (unpaired) electrons. The fourth-order valence-corrected chi connectivity index (χ4v) is 4.95. The van der Waals surface area contributed by atoms with Crippen LogP contribution in [0.5, 0.6) is 5.75 Å². The first kappa shape index (κ1) is 28.3. The molecule has 9 heteroatoms. The van der Waals surface area contributed by atoms with Gasteiger partial charge in [0, 0.05) is 30.6 Å². The molecule has 0 aliphatic heterocycles. The van der Waals surface area contributed by atoms with E-state index in [1.54, 1.807) is 31.3 Å². The predicted octanol–water partition coefficient (Wildman–Crippen LogP) is 7.52. The summed E-state index contributed by atoms with van der Waals surface area (Å²) in [7, 11) is 1.56. The molecule has 1 aliphatic carbocycles. The van der Waals surface area contributed by atoms with E-state index in [-0.39, 0.29) is 24.8 Å². The van der Waals surface area contributed by atoms with E-state index in [0.29, 0.717) is 28.4 Å². The highest BCUT2D eigenvalue weighted by Crippen LogP contribution is 2.41. The van der Waals surface area contributed by atoms with Gasteiger partial charge in [0.1, 0.15) is 17.3 Å². The van der Waals surface area contributed by atoms with Crippen LogP contribution in [-0.4, -0.2) is 35.5 Å². The van der Waals surface area contributed by atoms with Gasteiger partial charge in [-0.15, -0.1) is 0 Å². The van der Waals surface area contributed by atoms with Crippen molar-refractivity contribution >= 4 is 11.9 Å². The number of carboxylic acid groups (broad SMARTS) is 1. The summed E-state index contributed by atoms with van der Waals surface area (Å²) < 4.78 is 51.7. The molecule has 1 aliphatic rings. The van der Waals surface area contributed by atoms with Crippen molar-refractivity contribution in [2.24, 2.45) is 5.92 Å². The van der Waals surface area contributed by atoms with Crippen molar-refractivity contribution in [2.45, 2.75) is 57.7 Å². The van der Waals surface area contributed by atoms with Crippen LogP contribution in [-0.2, 0) is 11.0 Å². The van der Waals surface area contributed by atoms with Gasteiger partial charge >= 0.3 is 12.1 Å². The molecular weight excluding hydrogens is 511 g/mol. The Morgan fingerprint density at radius 3 is 2.28 bits per heavy atom. The number of ether oxygens (including phenoxy) is 1. The molecule has 0 spiro atoms. The van der Waals surface area contributed by atoms with Crippen LogP contribution in [0.25, 0.3) is 11.3 Å². The SMILES string of the molecule is Cc1cc(-c2ccc(C(F)(F)F)cc2)oc1C(Oc1ccc(C(=O)N(C)CCC(=O)O)cc1)C1CCCCC1. The Labute approximate surface area is 225 Å². The molecule has 1 N–H and O–H groups in total. The monoisotopic (exact) mass is 543 g/mol. The third kappa shape index (κ3) is 7.02. The van der Waals surface area contributed by atoms with Gasteiger partial charge in [0.05, 0.1) is 12.0 Å². The summed E-state index contributed by atoms with van der Waals surface area (Å²) in [6, 6.07) is 13.5. The number of aryl methyl sites for hydroxylation is 1. The number of amides is 1. The lowest BCUT2D eigenvalue weighted by molar-refractivity contribution is -0.138. The average molecular weight is 544 g/mol. The first-order chi connectivity index (χ1) is 18.5. The van der Waals surface area contributed by atoms with Gasteiger partial charge in [-0.2, -0.15) is 13.2 Å².